The first kappa shape index (κ1) is 10.3. The summed E-state index contributed by atoms with van der Waals surface area (Å²) in [6.07, 6.45) is 1.15. The smallest absolute Gasteiger partial charge is 0.306 e. The van der Waals surface area contributed by atoms with E-state index in [1.54, 1.807) is 6.07 Å². The third-order valence-corrected chi connectivity index (χ3v) is 3.46. The lowest BCUT2D eigenvalue weighted by Crippen LogP contribution is -2.25. The van der Waals surface area contributed by atoms with Gasteiger partial charge in [0, 0.05) is 24.0 Å². The number of carboxylic acid groups (broad SMARTS) is 1. The van der Waals surface area contributed by atoms with Crippen molar-refractivity contribution in [3.63, 3.8) is 0 Å². The molecule has 1 aromatic heterocycles. The largest absolute Gasteiger partial charge is 0.481 e. The number of nitrogens with zero attached hydrogens (tertiary/aromatic N) is 1. The van der Waals surface area contributed by atoms with Gasteiger partial charge in [-0.15, -0.1) is 0 Å². The molecule has 1 aliphatic rings. The molecular formula is C13H12FNO2. The average Bonchev–Trinajstić information content (AvgIpc) is 2.66. The molecule has 1 atom stereocenters. The molecule has 0 saturated heterocycles. The summed E-state index contributed by atoms with van der Waals surface area (Å²) in [6, 6.07) is 6.65. The molecule has 0 amide bonds. The third kappa shape index (κ3) is 1.60. The molecule has 1 aromatic carbocycles. The molecule has 0 fully saturated rings. The van der Waals surface area contributed by atoms with Crippen LogP contribution in [-0.2, 0) is 17.8 Å². The van der Waals surface area contributed by atoms with Crippen molar-refractivity contribution in [2.24, 2.45) is 5.92 Å². The Kier molecular flexibility index (Phi) is 2.18. The Morgan fingerprint density at radius 3 is 3.00 bits per heavy atom. The van der Waals surface area contributed by atoms with Crippen molar-refractivity contribution in [1.82, 2.24) is 4.57 Å². The van der Waals surface area contributed by atoms with Gasteiger partial charge in [-0.05, 0) is 30.7 Å². The van der Waals surface area contributed by atoms with Gasteiger partial charge >= 0.3 is 5.97 Å². The second-order valence-corrected chi connectivity index (χ2v) is 4.52. The molecule has 2 heterocycles. The second-order valence-electron chi connectivity index (χ2n) is 4.52. The van der Waals surface area contributed by atoms with Crippen molar-refractivity contribution in [2.75, 3.05) is 0 Å². The van der Waals surface area contributed by atoms with Gasteiger partial charge in [-0.3, -0.25) is 4.79 Å². The highest BCUT2D eigenvalue weighted by atomic mass is 19.1. The summed E-state index contributed by atoms with van der Waals surface area (Å²) in [5, 5.41) is 9.99. The maximum atomic E-state index is 13.2. The predicted octanol–water partition coefficient (Wildman–Crippen LogP) is 2.43. The molecule has 0 saturated carbocycles. The number of halogens is 1. The van der Waals surface area contributed by atoms with Crippen LogP contribution in [0.3, 0.4) is 0 Å². The number of carboxylic acids is 1. The SMILES string of the molecule is O=C(O)C1CCn2c(cc3ccc(F)cc32)C1. The van der Waals surface area contributed by atoms with E-state index in [1.165, 1.54) is 12.1 Å². The van der Waals surface area contributed by atoms with Crippen molar-refractivity contribution in [2.45, 2.75) is 19.4 Å². The Hall–Kier alpha value is -1.84. The Balaban J connectivity index is 2.10. The van der Waals surface area contributed by atoms with Crippen LogP contribution in [-0.4, -0.2) is 15.6 Å². The van der Waals surface area contributed by atoms with Crippen LogP contribution in [0.15, 0.2) is 24.3 Å². The van der Waals surface area contributed by atoms with Crippen molar-refractivity contribution < 1.29 is 14.3 Å². The number of aromatic nitrogens is 1. The van der Waals surface area contributed by atoms with Crippen LogP contribution in [0, 0.1) is 11.7 Å². The zero-order chi connectivity index (χ0) is 12.0. The van der Waals surface area contributed by atoms with Crippen molar-refractivity contribution in [1.29, 1.82) is 0 Å². The molecule has 0 radical (unpaired) electrons. The van der Waals surface area contributed by atoms with Gasteiger partial charge in [-0.25, -0.2) is 4.39 Å². The lowest BCUT2D eigenvalue weighted by atomic mass is 9.96. The van der Waals surface area contributed by atoms with Gasteiger partial charge < -0.3 is 9.67 Å². The first-order valence-corrected chi connectivity index (χ1v) is 5.65. The van der Waals surface area contributed by atoms with E-state index in [0.717, 1.165) is 16.6 Å². The fraction of sp³-hybridized carbons (Fsp3) is 0.308. The van der Waals surface area contributed by atoms with Gasteiger partial charge in [0.2, 0.25) is 0 Å². The minimum atomic E-state index is -0.743. The summed E-state index contributed by atoms with van der Waals surface area (Å²) in [5.41, 5.74) is 1.85. The van der Waals surface area contributed by atoms with Crippen molar-refractivity contribution in [3.8, 4) is 0 Å². The van der Waals surface area contributed by atoms with Crippen LogP contribution in [0.25, 0.3) is 10.9 Å². The quantitative estimate of drug-likeness (QED) is 0.822. The van der Waals surface area contributed by atoms with E-state index in [0.29, 0.717) is 19.4 Å². The molecule has 88 valence electrons. The molecule has 0 spiro atoms. The van der Waals surface area contributed by atoms with Gasteiger partial charge in [-0.2, -0.15) is 0 Å². The summed E-state index contributed by atoms with van der Waals surface area (Å²) in [6.45, 7) is 0.652. The number of fused-ring (bicyclic) bond motifs is 3. The lowest BCUT2D eigenvalue weighted by molar-refractivity contribution is -0.142. The highest BCUT2D eigenvalue weighted by molar-refractivity contribution is 5.82. The molecule has 0 aliphatic carbocycles. The van der Waals surface area contributed by atoms with Gasteiger partial charge in [0.15, 0.2) is 0 Å². The van der Waals surface area contributed by atoms with Crippen LogP contribution in [0.2, 0.25) is 0 Å². The first-order valence-electron chi connectivity index (χ1n) is 5.65. The van der Waals surface area contributed by atoms with Gasteiger partial charge in [0.1, 0.15) is 5.82 Å². The van der Waals surface area contributed by atoms with Crippen molar-refractivity contribution >= 4 is 16.9 Å². The van der Waals surface area contributed by atoms with E-state index < -0.39 is 5.97 Å². The maximum absolute atomic E-state index is 13.2. The Morgan fingerprint density at radius 1 is 1.41 bits per heavy atom. The molecule has 17 heavy (non-hydrogen) atoms. The molecule has 2 aromatic rings. The van der Waals surface area contributed by atoms with E-state index in [9.17, 15) is 9.18 Å². The fourth-order valence-corrected chi connectivity index (χ4v) is 2.57. The number of rotatable bonds is 1. The number of carbonyl (C=O) groups is 1. The normalized spacial score (nSPS) is 19.2. The summed E-state index contributed by atoms with van der Waals surface area (Å²) < 4.78 is 15.2. The van der Waals surface area contributed by atoms with E-state index in [4.69, 9.17) is 5.11 Å². The van der Waals surface area contributed by atoms with Gasteiger partial charge in [0.05, 0.1) is 11.4 Å². The molecule has 1 unspecified atom stereocenters. The molecule has 4 heteroatoms. The van der Waals surface area contributed by atoms with Gasteiger partial charge in [-0.1, -0.05) is 0 Å². The first-order chi connectivity index (χ1) is 8.15. The van der Waals surface area contributed by atoms with Gasteiger partial charge in [0.25, 0.3) is 0 Å². The summed E-state index contributed by atoms with van der Waals surface area (Å²) in [4.78, 5) is 11.0. The van der Waals surface area contributed by atoms with Crippen LogP contribution in [0.4, 0.5) is 4.39 Å². The molecule has 3 nitrogen and oxygen atoms in total. The maximum Gasteiger partial charge on any atom is 0.306 e. The summed E-state index contributed by atoms with van der Waals surface area (Å²) in [5.74, 6) is -1.30. The van der Waals surface area contributed by atoms with E-state index in [1.807, 2.05) is 10.6 Å². The Morgan fingerprint density at radius 2 is 2.24 bits per heavy atom. The average molecular weight is 233 g/mol. The molecular weight excluding hydrogens is 221 g/mol. The van der Waals surface area contributed by atoms with Crippen molar-refractivity contribution in [3.05, 3.63) is 35.8 Å². The molecule has 1 N–H and O–H groups in total. The molecule has 3 rings (SSSR count). The minimum absolute atomic E-state index is 0.251. The Labute approximate surface area is 97.5 Å². The second kappa shape index (κ2) is 3.58. The van der Waals surface area contributed by atoms with E-state index >= 15 is 0 Å². The fourth-order valence-electron chi connectivity index (χ4n) is 2.57. The number of hydrogen-bond acceptors (Lipinski definition) is 1. The number of hydrogen-bond donors (Lipinski definition) is 1. The minimum Gasteiger partial charge on any atom is -0.481 e. The zero-order valence-corrected chi connectivity index (χ0v) is 9.19. The monoisotopic (exact) mass is 233 g/mol. The highest BCUT2D eigenvalue weighted by Gasteiger charge is 2.25. The number of aliphatic carboxylic acids is 1. The lowest BCUT2D eigenvalue weighted by Gasteiger charge is -2.21. The topological polar surface area (TPSA) is 42.2 Å². The van der Waals surface area contributed by atoms with Crippen LogP contribution in [0.1, 0.15) is 12.1 Å². The number of benzene rings is 1. The highest BCUT2D eigenvalue weighted by Crippen LogP contribution is 2.28. The van der Waals surface area contributed by atoms with E-state index in [-0.39, 0.29) is 11.7 Å². The summed E-state index contributed by atoms with van der Waals surface area (Å²) >= 11 is 0. The van der Waals surface area contributed by atoms with Crippen LogP contribution in [0.5, 0.6) is 0 Å². The molecule has 0 bridgehead atoms. The summed E-state index contributed by atoms with van der Waals surface area (Å²) in [7, 11) is 0. The van der Waals surface area contributed by atoms with Crippen LogP contribution >= 0.6 is 0 Å². The predicted molar refractivity (Wildman–Crippen MR) is 61.3 cm³/mol. The Bertz CT molecular complexity index is 603. The van der Waals surface area contributed by atoms with Crippen LogP contribution < -0.4 is 0 Å². The molecule has 1 aliphatic heterocycles. The standard InChI is InChI=1S/C13H12FNO2/c14-10-2-1-8-5-11-6-9(13(16)17)3-4-15(11)12(8)7-10/h1-2,5,7,9H,3-4,6H2,(H,16,17). The zero-order valence-electron chi connectivity index (χ0n) is 9.19. The third-order valence-electron chi connectivity index (χ3n) is 3.46. The number of aryl methyl sites for hydroxylation is 1. The van der Waals surface area contributed by atoms with E-state index in [2.05, 4.69) is 0 Å².